The molecule has 0 aliphatic heterocycles. The van der Waals surface area contributed by atoms with Gasteiger partial charge in [0.05, 0.1) is 0 Å². The predicted octanol–water partition coefficient (Wildman–Crippen LogP) is 4.47. The van der Waals surface area contributed by atoms with Gasteiger partial charge in [0, 0.05) is 4.47 Å². The summed E-state index contributed by atoms with van der Waals surface area (Å²) in [6.07, 6.45) is 1.02. The van der Waals surface area contributed by atoms with Gasteiger partial charge in [0.2, 0.25) is 0 Å². The predicted molar refractivity (Wildman–Crippen MR) is 81.0 cm³/mol. The normalized spacial score (nSPS) is 10.2. The Labute approximate surface area is 122 Å². The molecule has 0 spiro atoms. The van der Waals surface area contributed by atoms with Crippen LogP contribution in [0.1, 0.15) is 12.5 Å². The third kappa shape index (κ3) is 4.60. The van der Waals surface area contributed by atoms with Crippen LogP contribution < -0.4 is 9.47 Å². The Morgan fingerprint density at radius 2 is 1.58 bits per heavy atom. The molecule has 2 rings (SSSR count). The van der Waals surface area contributed by atoms with Gasteiger partial charge < -0.3 is 9.47 Å². The van der Waals surface area contributed by atoms with E-state index in [1.807, 2.05) is 36.4 Å². The van der Waals surface area contributed by atoms with Crippen LogP contribution in [0.4, 0.5) is 0 Å². The van der Waals surface area contributed by atoms with Crippen LogP contribution in [-0.2, 0) is 6.42 Å². The van der Waals surface area contributed by atoms with Crippen LogP contribution in [-0.4, -0.2) is 13.2 Å². The fourth-order valence-corrected chi connectivity index (χ4v) is 1.97. The Morgan fingerprint density at radius 3 is 2.26 bits per heavy atom. The molecule has 0 aliphatic carbocycles. The van der Waals surface area contributed by atoms with Crippen molar-refractivity contribution in [2.75, 3.05) is 13.2 Å². The van der Waals surface area contributed by atoms with E-state index in [0.717, 1.165) is 22.4 Å². The van der Waals surface area contributed by atoms with E-state index in [9.17, 15) is 0 Å². The maximum atomic E-state index is 5.66. The van der Waals surface area contributed by atoms with E-state index in [2.05, 4.69) is 35.0 Å². The van der Waals surface area contributed by atoms with Gasteiger partial charge in [0.15, 0.2) is 0 Å². The summed E-state index contributed by atoms with van der Waals surface area (Å²) in [5.41, 5.74) is 1.28. The fraction of sp³-hybridized carbons (Fsp3) is 0.250. The lowest BCUT2D eigenvalue weighted by Crippen LogP contribution is -2.09. The molecule has 2 aromatic rings. The maximum absolute atomic E-state index is 5.66. The molecule has 2 nitrogen and oxygen atoms in total. The number of rotatable bonds is 6. The van der Waals surface area contributed by atoms with Crippen LogP contribution in [0, 0.1) is 0 Å². The summed E-state index contributed by atoms with van der Waals surface area (Å²) in [6.45, 7) is 3.22. The van der Waals surface area contributed by atoms with Crippen LogP contribution in [0.25, 0.3) is 0 Å². The summed E-state index contributed by atoms with van der Waals surface area (Å²) in [5.74, 6) is 1.76. The second kappa shape index (κ2) is 7.19. The van der Waals surface area contributed by atoms with Gasteiger partial charge in [-0.25, -0.2) is 0 Å². The van der Waals surface area contributed by atoms with E-state index in [-0.39, 0.29) is 0 Å². The van der Waals surface area contributed by atoms with Gasteiger partial charge in [0.1, 0.15) is 24.7 Å². The van der Waals surface area contributed by atoms with Gasteiger partial charge in [-0.15, -0.1) is 0 Å². The second-order valence-corrected chi connectivity index (χ2v) is 5.07. The van der Waals surface area contributed by atoms with Gasteiger partial charge >= 0.3 is 0 Å². The molecule has 0 amide bonds. The summed E-state index contributed by atoms with van der Waals surface area (Å²) in [5, 5.41) is 0. The molecule has 0 atom stereocenters. The number of benzene rings is 2. The largest absolute Gasteiger partial charge is 0.490 e. The molecule has 0 fully saturated rings. The quantitative estimate of drug-likeness (QED) is 0.731. The van der Waals surface area contributed by atoms with Crippen molar-refractivity contribution in [1.29, 1.82) is 0 Å². The Morgan fingerprint density at radius 1 is 0.895 bits per heavy atom. The number of aryl methyl sites for hydroxylation is 1. The molecule has 0 saturated heterocycles. The molecule has 3 heteroatoms. The Bertz CT molecular complexity index is 508. The zero-order valence-corrected chi connectivity index (χ0v) is 12.5. The van der Waals surface area contributed by atoms with Crippen molar-refractivity contribution >= 4 is 15.9 Å². The molecule has 0 unspecified atom stereocenters. The molecule has 0 N–H and O–H groups in total. The first-order valence-corrected chi connectivity index (χ1v) is 7.17. The zero-order valence-electron chi connectivity index (χ0n) is 10.9. The van der Waals surface area contributed by atoms with E-state index >= 15 is 0 Å². The summed E-state index contributed by atoms with van der Waals surface area (Å²) >= 11 is 3.39. The van der Waals surface area contributed by atoms with Crippen LogP contribution in [0.3, 0.4) is 0 Å². The first-order chi connectivity index (χ1) is 9.28. The van der Waals surface area contributed by atoms with Crippen molar-refractivity contribution in [1.82, 2.24) is 0 Å². The minimum Gasteiger partial charge on any atom is -0.490 e. The van der Waals surface area contributed by atoms with Crippen molar-refractivity contribution < 1.29 is 9.47 Å². The minimum atomic E-state index is 0.540. The fourth-order valence-electron chi connectivity index (χ4n) is 1.71. The Hall–Kier alpha value is -1.48. The average molecular weight is 321 g/mol. The molecule has 0 radical (unpaired) electrons. The van der Waals surface area contributed by atoms with Gasteiger partial charge in [-0.05, 0) is 48.4 Å². The first kappa shape index (κ1) is 13.9. The third-order valence-corrected chi connectivity index (χ3v) is 3.27. The highest BCUT2D eigenvalue weighted by atomic mass is 79.9. The van der Waals surface area contributed by atoms with Gasteiger partial charge in [0.25, 0.3) is 0 Å². The molecule has 0 aliphatic rings. The van der Waals surface area contributed by atoms with Crippen molar-refractivity contribution in [2.24, 2.45) is 0 Å². The Balaban J connectivity index is 1.75. The van der Waals surface area contributed by atoms with Crippen LogP contribution >= 0.6 is 15.9 Å². The average Bonchev–Trinajstić information content (AvgIpc) is 2.46. The van der Waals surface area contributed by atoms with E-state index in [0.29, 0.717) is 13.2 Å². The number of hydrogen-bond acceptors (Lipinski definition) is 2. The SMILES string of the molecule is CCc1cccc(OCCOc2ccc(Br)cc2)c1. The third-order valence-electron chi connectivity index (χ3n) is 2.74. The van der Waals surface area contributed by atoms with E-state index in [1.54, 1.807) is 0 Å². The molecular weight excluding hydrogens is 304 g/mol. The summed E-state index contributed by atoms with van der Waals surface area (Å²) in [7, 11) is 0. The summed E-state index contributed by atoms with van der Waals surface area (Å²) < 4.78 is 12.3. The lowest BCUT2D eigenvalue weighted by molar-refractivity contribution is 0.217. The van der Waals surface area contributed by atoms with E-state index in [1.165, 1.54) is 5.56 Å². The van der Waals surface area contributed by atoms with Gasteiger partial charge in [-0.1, -0.05) is 35.0 Å². The van der Waals surface area contributed by atoms with Gasteiger partial charge in [-0.3, -0.25) is 0 Å². The number of ether oxygens (including phenoxy) is 2. The van der Waals surface area contributed by atoms with E-state index in [4.69, 9.17) is 9.47 Å². The van der Waals surface area contributed by atoms with Crippen molar-refractivity contribution in [3.8, 4) is 11.5 Å². The van der Waals surface area contributed by atoms with Crippen LogP contribution in [0.15, 0.2) is 53.0 Å². The highest BCUT2D eigenvalue weighted by molar-refractivity contribution is 9.10. The van der Waals surface area contributed by atoms with Crippen molar-refractivity contribution in [2.45, 2.75) is 13.3 Å². The molecule has 0 bridgehead atoms. The maximum Gasteiger partial charge on any atom is 0.122 e. The van der Waals surface area contributed by atoms with Crippen molar-refractivity contribution in [3.05, 3.63) is 58.6 Å². The molecule has 19 heavy (non-hydrogen) atoms. The second-order valence-electron chi connectivity index (χ2n) is 4.15. The van der Waals surface area contributed by atoms with Crippen LogP contribution in [0.2, 0.25) is 0 Å². The monoisotopic (exact) mass is 320 g/mol. The highest BCUT2D eigenvalue weighted by Crippen LogP contribution is 2.16. The van der Waals surface area contributed by atoms with Crippen molar-refractivity contribution in [3.63, 3.8) is 0 Å². The first-order valence-electron chi connectivity index (χ1n) is 6.38. The lowest BCUT2D eigenvalue weighted by atomic mass is 10.2. The minimum absolute atomic E-state index is 0.540. The molecule has 100 valence electrons. The lowest BCUT2D eigenvalue weighted by Gasteiger charge is -2.09. The number of hydrogen-bond donors (Lipinski definition) is 0. The smallest absolute Gasteiger partial charge is 0.122 e. The highest BCUT2D eigenvalue weighted by Gasteiger charge is 1.97. The molecule has 0 heterocycles. The topological polar surface area (TPSA) is 18.5 Å². The molecule has 2 aromatic carbocycles. The van der Waals surface area contributed by atoms with E-state index < -0.39 is 0 Å². The van der Waals surface area contributed by atoms with Crippen LogP contribution in [0.5, 0.6) is 11.5 Å². The summed E-state index contributed by atoms with van der Waals surface area (Å²) in [6, 6.07) is 15.9. The molecular formula is C16H17BrO2. The molecule has 0 aromatic heterocycles. The zero-order chi connectivity index (χ0) is 13.5. The Kier molecular flexibility index (Phi) is 5.28. The standard InChI is InChI=1S/C16H17BrO2/c1-2-13-4-3-5-16(12-13)19-11-10-18-15-8-6-14(17)7-9-15/h3-9,12H,2,10-11H2,1H3. The number of halogens is 1. The van der Waals surface area contributed by atoms with Gasteiger partial charge in [-0.2, -0.15) is 0 Å². The summed E-state index contributed by atoms with van der Waals surface area (Å²) in [4.78, 5) is 0. The molecule has 0 saturated carbocycles.